The summed E-state index contributed by atoms with van der Waals surface area (Å²) in [6.45, 7) is 8.41. The zero-order valence-electron chi connectivity index (χ0n) is 17.6. The van der Waals surface area contributed by atoms with Gasteiger partial charge in [0.05, 0.1) is 17.8 Å². The number of aromatic nitrogens is 3. The Labute approximate surface area is 190 Å². The Balaban J connectivity index is 0.00000160. The van der Waals surface area contributed by atoms with Crippen LogP contribution >= 0.6 is 24.8 Å². The first-order chi connectivity index (χ1) is 13.6. The summed E-state index contributed by atoms with van der Waals surface area (Å²) in [6, 6.07) is 4.37. The minimum atomic E-state index is -0.162. The van der Waals surface area contributed by atoms with Crippen LogP contribution in [0.3, 0.4) is 0 Å². The normalized spacial score (nSPS) is 18.5. The molecule has 8 nitrogen and oxygen atoms in total. The van der Waals surface area contributed by atoms with E-state index < -0.39 is 0 Å². The number of furan rings is 1. The molecule has 0 radical (unpaired) electrons. The number of likely N-dealkylation sites (tertiary alicyclic amines) is 1. The SMILES string of the molecule is Cc1ccc(C(CNC(=O)c2nnn(C3CCNCC3)c2C)N2CCCC2)o1.Cl.Cl. The van der Waals surface area contributed by atoms with E-state index in [-0.39, 0.29) is 36.8 Å². The van der Waals surface area contributed by atoms with E-state index in [4.69, 9.17) is 4.42 Å². The topological polar surface area (TPSA) is 88.2 Å². The molecule has 2 saturated heterocycles. The monoisotopic (exact) mass is 458 g/mol. The van der Waals surface area contributed by atoms with Gasteiger partial charge in [0.2, 0.25) is 0 Å². The van der Waals surface area contributed by atoms with Gasteiger partial charge in [0.15, 0.2) is 5.69 Å². The molecule has 2 N–H and O–H groups in total. The lowest BCUT2D eigenvalue weighted by atomic mass is 10.1. The maximum Gasteiger partial charge on any atom is 0.273 e. The molecule has 1 atom stereocenters. The van der Waals surface area contributed by atoms with E-state index in [9.17, 15) is 4.79 Å². The highest BCUT2D eigenvalue weighted by molar-refractivity contribution is 5.93. The van der Waals surface area contributed by atoms with Gasteiger partial charge >= 0.3 is 0 Å². The van der Waals surface area contributed by atoms with Crippen LogP contribution in [-0.4, -0.2) is 58.5 Å². The Morgan fingerprint density at radius 1 is 1.23 bits per heavy atom. The van der Waals surface area contributed by atoms with Gasteiger partial charge in [0.1, 0.15) is 11.5 Å². The number of carbonyl (C=O) groups is 1. The molecule has 1 amide bonds. The van der Waals surface area contributed by atoms with Crippen molar-refractivity contribution in [2.75, 3.05) is 32.7 Å². The van der Waals surface area contributed by atoms with E-state index in [0.717, 1.165) is 56.2 Å². The van der Waals surface area contributed by atoms with Crippen LogP contribution < -0.4 is 10.6 Å². The zero-order valence-corrected chi connectivity index (χ0v) is 19.2. The molecule has 4 rings (SSSR count). The molecule has 2 aliphatic heterocycles. The lowest BCUT2D eigenvalue weighted by Gasteiger charge is -2.26. The minimum absolute atomic E-state index is 0. The third-order valence-electron chi connectivity index (χ3n) is 5.92. The predicted molar refractivity (Wildman–Crippen MR) is 120 cm³/mol. The summed E-state index contributed by atoms with van der Waals surface area (Å²) in [4.78, 5) is 15.2. The fourth-order valence-electron chi connectivity index (χ4n) is 4.32. The van der Waals surface area contributed by atoms with Crippen LogP contribution in [0.25, 0.3) is 0 Å². The van der Waals surface area contributed by atoms with Crippen molar-refractivity contribution in [3.63, 3.8) is 0 Å². The Bertz CT molecular complexity index is 812. The third kappa shape index (κ3) is 5.35. The number of amides is 1. The summed E-state index contributed by atoms with van der Waals surface area (Å²) in [6.07, 6.45) is 4.40. The molecule has 30 heavy (non-hydrogen) atoms. The highest BCUT2D eigenvalue weighted by Gasteiger charge is 2.28. The average molecular weight is 459 g/mol. The van der Waals surface area contributed by atoms with Gasteiger partial charge < -0.3 is 15.1 Å². The van der Waals surface area contributed by atoms with Gasteiger partial charge in [0, 0.05) is 6.54 Å². The Hall–Kier alpha value is -1.61. The van der Waals surface area contributed by atoms with E-state index in [2.05, 4.69) is 25.8 Å². The van der Waals surface area contributed by atoms with Gasteiger partial charge in [-0.3, -0.25) is 9.69 Å². The van der Waals surface area contributed by atoms with Gasteiger partial charge in [-0.1, -0.05) is 5.21 Å². The summed E-state index contributed by atoms with van der Waals surface area (Å²) in [5.41, 5.74) is 1.27. The molecule has 2 aliphatic rings. The number of nitrogens with one attached hydrogen (secondary N) is 2. The van der Waals surface area contributed by atoms with Crippen molar-refractivity contribution in [3.05, 3.63) is 35.0 Å². The van der Waals surface area contributed by atoms with Gasteiger partial charge in [0.25, 0.3) is 5.91 Å². The number of hydrogen-bond donors (Lipinski definition) is 2. The first-order valence-electron chi connectivity index (χ1n) is 10.3. The molecule has 0 saturated carbocycles. The molecule has 0 bridgehead atoms. The van der Waals surface area contributed by atoms with Crippen LogP contribution in [0, 0.1) is 13.8 Å². The number of carbonyl (C=O) groups excluding carboxylic acids is 1. The van der Waals surface area contributed by atoms with Crippen LogP contribution in [0.15, 0.2) is 16.5 Å². The minimum Gasteiger partial charge on any atom is -0.465 e. The van der Waals surface area contributed by atoms with E-state index in [1.165, 1.54) is 12.8 Å². The number of halogens is 2. The van der Waals surface area contributed by atoms with Crippen molar-refractivity contribution in [2.45, 2.75) is 51.6 Å². The summed E-state index contributed by atoms with van der Waals surface area (Å²) in [7, 11) is 0. The number of hydrogen-bond acceptors (Lipinski definition) is 6. The van der Waals surface area contributed by atoms with Crippen LogP contribution in [0.2, 0.25) is 0 Å². The smallest absolute Gasteiger partial charge is 0.273 e. The molecule has 168 valence electrons. The molecule has 4 heterocycles. The molecule has 0 aliphatic carbocycles. The van der Waals surface area contributed by atoms with Crippen LogP contribution in [0.5, 0.6) is 0 Å². The van der Waals surface area contributed by atoms with Crippen molar-refractivity contribution in [1.29, 1.82) is 0 Å². The fourth-order valence-corrected chi connectivity index (χ4v) is 4.32. The summed E-state index contributed by atoms with van der Waals surface area (Å²) in [5.74, 6) is 1.64. The zero-order chi connectivity index (χ0) is 19.5. The number of piperidine rings is 1. The van der Waals surface area contributed by atoms with Gasteiger partial charge in [-0.2, -0.15) is 0 Å². The van der Waals surface area contributed by atoms with E-state index >= 15 is 0 Å². The summed E-state index contributed by atoms with van der Waals surface area (Å²) in [5, 5.41) is 14.9. The second-order valence-corrected chi connectivity index (χ2v) is 7.87. The van der Waals surface area contributed by atoms with Crippen molar-refractivity contribution in [2.24, 2.45) is 0 Å². The van der Waals surface area contributed by atoms with Gasteiger partial charge in [-0.15, -0.1) is 29.9 Å². The Morgan fingerprint density at radius 3 is 2.57 bits per heavy atom. The summed E-state index contributed by atoms with van der Waals surface area (Å²) >= 11 is 0. The molecular weight excluding hydrogens is 427 g/mol. The van der Waals surface area contributed by atoms with E-state index in [0.29, 0.717) is 18.3 Å². The highest BCUT2D eigenvalue weighted by atomic mass is 35.5. The maximum absolute atomic E-state index is 12.8. The Morgan fingerprint density at radius 2 is 1.93 bits per heavy atom. The van der Waals surface area contributed by atoms with E-state index in [1.807, 2.05) is 30.7 Å². The first kappa shape index (κ1) is 24.7. The standard InChI is InChI=1S/C20H30N6O2.2ClH/c1-14-5-6-18(28-14)17(25-11-3-4-12-25)13-22-20(27)19-15(2)26(24-23-19)16-7-9-21-10-8-16;;/h5-6,16-17,21H,3-4,7-13H2,1-2H3,(H,22,27);2*1H. The number of nitrogens with zero attached hydrogens (tertiary/aromatic N) is 4. The number of aryl methyl sites for hydroxylation is 1. The van der Waals surface area contributed by atoms with Crippen LogP contribution in [0.1, 0.15) is 65.5 Å². The lowest BCUT2D eigenvalue weighted by Crippen LogP contribution is -2.37. The molecular formula is C20H32Cl2N6O2. The average Bonchev–Trinajstić information content (AvgIpc) is 3.45. The van der Waals surface area contributed by atoms with Crippen molar-refractivity contribution < 1.29 is 9.21 Å². The second-order valence-electron chi connectivity index (χ2n) is 7.87. The quantitative estimate of drug-likeness (QED) is 0.691. The van der Waals surface area contributed by atoms with Crippen molar-refractivity contribution in [1.82, 2.24) is 30.5 Å². The third-order valence-corrected chi connectivity index (χ3v) is 5.92. The molecule has 0 aromatic carbocycles. The molecule has 0 spiro atoms. The molecule has 2 aromatic heterocycles. The largest absolute Gasteiger partial charge is 0.465 e. The molecule has 10 heteroatoms. The number of rotatable bonds is 6. The van der Waals surface area contributed by atoms with Crippen LogP contribution in [-0.2, 0) is 0 Å². The fraction of sp³-hybridized carbons (Fsp3) is 0.650. The molecule has 2 aromatic rings. The lowest BCUT2D eigenvalue weighted by molar-refractivity contribution is 0.0928. The summed E-state index contributed by atoms with van der Waals surface area (Å²) < 4.78 is 7.79. The molecule has 2 fully saturated rings. The first-order valence-corrected chi connectivity index (χ1v) is 10.3. The Kier molecular flexibility index (Phi) is 9.15. The van der Waals surface area contributed by atoms with Crippen LogP contribution in [0.4, 0.5) is 0 Å². The van der Waals surface area contributed by atoms with Crippen molar-refractivity contribution >= 4 is 30.7 Å². The predicted octanol–water partition coefficient (Wildman–Crippen LogP) is 2.82. The molecule has 1 unspecified atom stereocenters. The van der Waals surface area contributed by atoms with Gasteiger partial charge in [-0.25, -0.2) is 4.68 Å². The maximum atomic E-state index is 12.8. The van der Waals surface area contributed by atoms with E-state index in [1.54, 1.807) is 0 Å². The second kappa shape index (κ2) is 11.1. The highest BCUT2D eigenvalue weighted by Crippen LogP contribution is 2.26. The van der Waals surface area contributed by atoms with Crippen molar-refractivity contribution in [3.8, 4) is 0 Å². The van der Waals surface area contributed by atoms with Gasteiger partial charge in [-0.05, 0) is 77.8 Å².